The van der Waals surface area contributed by atoms with Crippen LogP contribution >= 0.6 is 11.8 Å². The first kappa shape index (κ1) is 27.1. The summed E-state index contributed by atoms with van der Waals surface area (Å²) in [6.07, 6.45) is 3.65. The largest absolute Gasteiger partial charge is 0.494 e. The summed E-state index contributed by atoms with van der Waals surface area (Å²) < 4.78 is 37.5. The zero-order valence-electron chi connectivity index (χ0n) is 20.9. The van der Waals surface area contributed by atoms with E-state index in [-0.39, 0.29) is 0 Å². The number of esters is 1. The summed E-state index contributed by atoms with van der Waals surface area (Å²) in [5, 5.41) is 5.07. The van der Waals surface area contributed by atoms with Crippen LogP contribution in [0.2, 0.25) is 0 Å². The molecule has 38 heavy (non-hydrogen) atoms. The molecule has 2 aromatic heterocycles. The lowest BCUT2D eigenvalue weighted by Crippen LogP contribution is -2.01. The number of hydrogen-bond donors (Lipinski definition) is 0. The Morgan fingerprint density at radius 3 is 2.58 bits per heavy atom. The third kappa shape index (κ3) is 6.67. The normalized spacial score (nSPS) is 10.7. The Bertz CT molecular complexity index is 1530. The fraction of sp³-hybridized carbons (Fsp3) is 0.222. The van der Waals surface area contributed by atoms with Crippen LogP contribution in [-0.4, -0.2) is 43.0 Å². The number of thioether (sulfide) groups is 1. The molecule has 0 spiro atoms. The fourth-order valence-electron chi connectivity index (χ4n) is 3.71. The molecule has 0 atom stereocenters. The van der Waals surface area contributed by atoms with Crippen molar-refractivity contribution in [3.63, 3.8) is 0 Å². The summed E-state index contributed by atoms with van der Waals surface area (Å²) >= 11 is 1.39. The van der Waals surface area contributed by atoms with Gasteiger partial charge in [0.1, 0.15) is 16.5 Å². The molecule has 0 saturated carbocycles. The maximum absolute atomic E-state index is 12.0. The minimum Gasteiger partial charge on any atom is -0.494 e. The van der Waals surface area contributed by atoms with Crippen molar-refractivity contribution >= 4 is 28.2 Å². The maximum Gasteiger partial charge on any atom is 0.337 e. The van der Waals surface area contributed by atoms with Gasteiger partial charge in [-0.15, -0.1) is 9.89 Å². The number of unbranched alkanes of at least 4 members (excludes halogenated alkanes) is 1. The van der Waals surface area contributed by atoms with Gasteiger partial charge in [-0.2, -0.15) is 8.42 Å². The highest BCUT2D eigenvalue weighted by Crippen LogP contribution is 2.40. The molecule has 0 aliphatic rings. The molecule has 0 aliphatic carbocycles. The SMILES string of the molecule is CCCCOc1ccc(-c2c(-c3ccccn3)c(SCc3cccc(C(=O)OC)c3)nn2N=S(=O)=O)cc1. The summed E-state index contributed by atoms with van der Waals surface area (Å²) in [4.78, 5) is 17.6. The van der Waals surface area contributed by atoms with Crippen molar-refractivity contribution in [3.05, 3.63) is 84.1 Å². The van der Waals surface area contributed by atoms with Gasteiger partial charge in [-0.1, -0.05) is 43.3 Å². The predicted molar refractivity (Wildman–Crippen MR) is 145 cm³/mol. The summed E-state index contributed by atoms with van der Waals surface area (Å²) in [5.41, 5.74) is 3.77. The summed E-state index contributed by atoms with van der Waals surface area (Å²) in [6, 6.07) is 20.0. The number of carbonyl (C=O) groups is 1. The van der Waals surface area contributed by atoms with Crippen molar-refractivity contribution in [2.75, 3.05) is 13.7 Å². The van der Waals surface area contributed by atoms with E-state index in [0.29, 0.717) is 45.5 Å². The second-order valence-electron chi connectivity index (χ2n) is 8.14. The van der Waals surface area contributed by atoms with E-state index >= 15 is 0 Å². The van der Waals surface area contributed by atoms with Gasteiger partial charge in [0.15, 0.2) is 0 Å². The molecule has 4 aromatic rings. The van der Waals surface area contributed by atoms with Gasteiger partial charge in [0.25, 0.3) is 0 Å². The first-order valence-electron chi connectivity index (χ1n) is 11.9. The number of pyridine rings is 1. The number of carbonyl (C=O) groups excluding carboxylic acids is 1. The number of methoxy groups -OCH3 is 1. The molecule has 0 saturated heterocycles. The van der Waals surface area contributed by atoms with Crippen LogP contribution in [0.15, 0.2) is 82.4 Å². The Morgan fingerprint density at radius 2 is 1.89 bits per heavy atom. The highest BCUT2D eigenvalue weighted by atomic mass is 32.2. The minimum absolute atomic E-state index is 0.420. The van der Waals surface area contributed by atoms with Crippen LogP contribution in [0, 0.1) is 0 Å². The molecule has 0 unspecified atom stereocenters. The summed E-state index contributed by atoms with van der Waals surface area (Å²) in [6.45, 7) is 2.72. The van der Waals surface area contributed by atoms with Gasteiger partial charge in [-0.05, 0) is 65.0 Å². The van der Waals surface area contributed by atoms with E-state index < -0.39 is 16.5 Å². The summed E-state index contributed by atoms with van der Waals surface area (Å²) in [7, 11) is -1.40. The zero-order chi connectivity index (χ0) is 26.9. The van der Waals surface area contributed by atoms with Crippen LogP contribution < -0.4 is 4.74 Å². The first-order chi connectivity index (χ1) is 18.5. The molecule has 2 aromatic carbocycles. The van der Waals surface area contributed by atoms with Gasteiger partial charge in [0.2, 0.25) is 0 Å². The monoisotopic (exact) mass is 550 g/mol. The Balaban J connectivity index is 1.77. The minimum atomic E-state index is -2.74. The van der Waals surface area contributed by atoms with Gasteiger partial charge < -0.3 is 9.47 Å². The van der Waals surface area contributed by atoms with Crippen molar-refractivity contribution in [2.45, 2.75) is 30.5 Å². The average Bonchev–Trinajstić information content (AvgIpc) is 3.29. The Hall–Kier alpha value is -3.96. The molecule has 2 heterocycles. The number of ether oxygens (including phenoxy) is 2. The van der Waals surface area contributed by atoms with Crippen LogP contribution in [0.1, 0.15) is 35.7 Å². The highest BCUT2D eigenvalue weighted by molar-refractivity contribution is 7.98. The summed E-state index contributed by atoms with van der Waals surface area (Å²) in [5.74, 6) is 0.764. The second-order valence-corrected chi connectivity index (χ2v) is 9.70. The number of nitrogens with zero attached hydrogens (tertiary/aromatic N) is 4. The molecule has 4 rings (SSSR count). The molecule has 0 fully saturated rings. The van der Waals surface area contributed by atoms with Gasteiger partial charge in [-0.3, -0.25) is 4.98 Å². The Morgan fingerprint density at radius 1 is 1.08 bits per heavy atom. The number of hydrogen-bond acceptors (Lipinski definition) is 9. The Labute approximate surface area is 226 Å². The molecular formula is C27H26N4O5S2. The average molecular weight is 551 g/mol. The van der Waals surface area contributed by atoms with E-state index in [2.05, 4.69) is 21.5 Å². The van der Waals surface area contributed by atoms with Crippen LogP contribution in [0.25, 0.3) is 22.5 Å². The maximum atomic E-state index is 12.0. The molecule has 0 bridgehead atoms. The van der Waals surface area contributed by atoms with Gasteiger partial charge in [0.05, 0.1) is 30.5 Å². The van der Waals surface area contributed by atoms with Gasteiger partial charge in [0, 0.05) is 17.5 Å². The van der Waals surface area contributed by atoms with E-state index in [1.807, 2.05) is 42.5 Å². The third-order valence-electron chi connectivity index (χ3n) is 5.52. The Kier molecular flexibility index (Phi) is 9.28. The lowest BCUT2D eigenvalue weighted by molar-refractivity contribution is 0.0600. The molecule has 0 amide bonds. The molecule has 0 N–H and O–H groups in total. The van der Waals surface area contributed by atoms with Crippen molar-refractivity contribution in [3.8, 4) is 28.3 Å². The first-order valence-corrected chi connectivity index (χ1v) is 13.9. The van der Waals surface area contributed by atoms with Crippen molar-refractivity contribution in [2.24, 2.45) is 4.47 Å². The van der Waals surface area contributed by atoms with E-state index in [1.54, 1.807) is 30.5 Å². The molecule has 9 nitrogen and oxygen atoms in total. The van der Waals surface area contributed by atoms with Crippen molar-refractivity contribution < 1.29 is 22.7 Å². The van der Waals surface area contributed by atoms with E-state index in [9.17, 15) is 13.2 Å². The van der Waals surface area contributed by atoms with Crippen LogP contribution in [0.5, 0.6) is 5.75 Å². The topological polar surface area (TPSA) is 113 Å². The standard InChI is InChI=1S/C27H26N4O5S2/c1-3-4-16-36-22-13-11-20(12-14-22)25-24(23-10-5-6-15-28-23)26(29-31(25)30-38(33)34)37-18-19-8-7-9-21(17-19)27(32)35-2/h5-15,17H,3-4,16,18H2,1-2H3. The number of rotatable bonds is 11. The zero-order valence-corrected chi connectivity index (χ0v) is 22.5. The number of aromatic nitrogens is 3. The van der Waals surface area contributed by atoms with E-state index in [0.717, 1.165) is 28.9 Å². The smallest absolute Gasteiger partial charge is 0.337 e. The molecule has 0 radical (unpaired) electrons. The predicted octanol–water partition coefficient (Wildman–Crippen LogP) is 5.70. The highest BCUT2D eigenvalue weighted by Gasteiger charge is 2.23. The van der Waals surface area contributed by atoms with Gasteiger partial charge in [-0.25, -0.2) is 4.79 Å². The van der Waals surface area contributed by atoms with Crippen molar-refractivity contribution in [1.29, 1.82) is 0 Å². The van der Waals surface area contributed by atoms with E-state index in [4.69, 9.17) is 9.47 Å². The van der Waals surface area contributed by atoms with Crippen LogP contribution in [0.3, 0.4) is 0 Å². The second kappa shape index (κ2) is 13.0. The fourth-order valence-corrected chi connectivity index (χ4v) is 4.92. The van der Waals surface area contributed by atoms with Crippen molar-refractivity contribution in [1.82, 2.24) is 14.9 Å². The van der Waals surface area contributed by atoms with Crippen LogP contribution in [0.4, 0.5) is 0 Å². The number of benzene rings is 2. The van der Waals surface area contributed by atoms with E-state index in [1.165, 1.54) is 18.9 Å². The lowest BCUT2D eigenvalue weighted by atomic mass is 10.1. The third-order valence-corrected chi connectivity index (χ3v) is 6.84. The van der Waals surface area contributed by atoms with Crippen LogP contribution in [-0.2, 0) is 21.0 Å². The quantitative estimate of drug-likeness (QED) is 0.133. The lowest BCUT2D eigenvalue weighted by Gasteiger charge is -2.09. The molecule has 196 valence electrons. The van der Waals surface area contributed by atoms with Gasteiger partial charge >= 0.3 is 16.5 Å². The molecular weight excluding hydrogens is 524 g/mol. The molecule has 0 aliphatic heterocycles. The molecule has 11 heteroatoms.